The molecule has 4 nitrogen and oxygen atoms in total. The van der Waals surface area contributed by atoms with Gasteiger partial charge in [-0.15, -0.1) is 0 Å². The van der Waals surface area contributed by atoms with Gasteiger partial charge < -0.3 is 10.5 Å². The first-order chi connectivity index (χ1) is 6.61. The minimum absolute atomic E-state index is 0.348. The zero-order valence-corrected chi connectivity index (χ0v) is 9.36. The molecule has 0 fully saturated rings. The molecule has 0 saturated carbocycles. The summed E-state index contributed by atoms with van der Waals surface area (Å²) < 4.78 is 5.02. The Labute approximate surface area is 86.6 Å². The first-order valence-electron chi connectivity index (χ1n) is 5.00. The molecule has 1 unspecified atom stereocenters. The molecule has 0 bridgehead atoms. The van der Waals surface area contributed by atoms with E-state index >= 15 is 0 Å². The fourth-order valence-electron chi connectivity index (χ4n) is 1.21. The van der Waals surface area contributed by atoms with E-state index in [1.807, 2.05) is 6.07 Å². The van der Waals surface area contributed by atoms with E-state index in [0.717, 1.165) is 26.1 Å². The summed E-state index contributed by atoms with van der Waals surface area (Å²) in [6, 6.07) is 2.16. The van der Waals surface area contributed by atoms with E-state index in [-0.39, 0.29) is 6.04 Å². The fourth-order valence-corrected chi connectivity index (χ4v) is 1.21. The van der Waals surface area contributed by atoms with Crippen LogP contribution in [0.25, 0.3) is 0 Å². The second-order valence-corrected chi connectivity index (χ2v) is 3.65. The Bertz CT molecular complexity index is 177. The summed E-state index contributed by atoms with van der Waals surface area (Å²) in [7, 11) is 1.69. The molecule has 0 radical (unpaired) electrons. The molecule has 1 atom stereocenters. The Kier molecular flexibility index (Phi) is 7.40. The van der Waals surface area contributed by atoms with Crippen molar-refractivity contribution in [2.24, 2.45) is 5.73 Å². The van der Waals surface area contributed by atoms with Crippen molar-refractivity contribution in [3.05, 3.63) is 0 Å². The van der Waals surface area contributed by atoms with Gasteiger partial charge in [0.2, 0.25) is 0 Å². The number of methoxy groups -OCH3 is 1. The average Bonchev–Trinajstić information content (AvgIpc) is 2.16. The van der Waals surface area contributed by atoms with E-state index in [1.54, 1.807) is 7.11 Å². The van der Waals surface area contributed by atoms with E-state index in [1.165, 1.54) is 0 Å². The van der Waals surface area contributed by atoms with Gasteiger partial charge in [-0.1, -0.05) is 0 Å². The summed E-state index contributed by atoms with van der Waals surface area (Å²) in [5.74, 6) is 0. The molecule has 0 aromatic carbocycles. The van der Waals surface area contributed by atoms with Gasteiger partial charge in [0, 0.05) is 26.2 Å². The van der Waals surface area contributed by atoms with E-state index in [9.17, 15) is 0 Å². The number of hydrogen-bond donors (Lipinski definition) is 1. The van der Waals surface area contributed by atoms with Crippen molar-refractivity contribution >= 4 is 0 Å². The zero-order chi connectivity index (χ0) is 11.0. The van der Waals surface area contributed by atoms with Crippen molar-refractivity contribution in [3.8, 4) is 6.07 Å². The Morgan fingerprint density at radius 1 is 1.43 bits per heavy atom. The number of nitrogens with zero attached hydrogens (tertiary/aromatic N) is 2. The lowest BCUT2D eigenvalue weighted by molar-refractivity contribution is 0.128. The van der Waals surface area contributed by atoms with Crippen LogP contribution in [-0.4, -0.2) is 43.8 Å². The second kappa shape index (κ2) is 7.74. The third-order valence-corrected chi connectivity index (χ3v) is 2.21. The van der Waals surface area contributed by atoms with Crippen LogP contribution >= 0.6 is 0 Å². The van der Waals surface area contributed by atoms with Crippen molar-refractivity contribution in [1.82, 2.24) is 4.90 Å². The van der Waals surface area contributed by atoms with Crippen molar-refractivity contribution in [2.45, 2.75) is 32.4 Å². The highest BCUT2D eigenvalue weighted by Gasteiger charge is 2.10. The van der Waals surface area contributed by atoms with Gasteiger partial charge in [-0.2, -0.15) is 5.26 Å². The molecule has 0 aromatic heterocycles. The van der Waals surface area contributed by atoms with E-state index in [0.29, 0.717) is 6.04 Å². The van der Waals surface area contributed by atoms with Crippen LogP contribution in [0, 0.1) is 11.3 Å². The number of rotatable bonds is 7. The molecule has 0 rings (SSSR count). The molecule has 0 amide bonds. The largest absolute Gasteiger partial charge is 0.383 e. The van der Waals surface area contributed by atoms with Crippen LogP contribution in [0.3, 0.4) is 0 Å². The minimum atomic E-state index is -0.348. The summed E-state index contributed by atoms with van der Waals surface area (Å²) in [5, 5.41) is 8.54. The highest BCUT2D eigenvalue weighted by molar-refractivity contribution is 4.87. The topological polar surface area (TPSA) is 62.3 Å². The smallest absolute Gasteiger partial charge is 0.0940 e. The van der Waals surface area contributed by atoms with Crippen LogP contribution in [0.1, 0.15) is 20.3 Å². The van der Waals surface area contributed by atoms with Crippen molar-refractivity contribution in [3.63, 3.8) is 0 Å². The molecule has 0 aliphatic heterocycles. The molecule has 0 heterocycles. The summed E-state index contributed by atoms with van der Waals surface area (Å²) in [4.78, 5) is 2.26. The van der Waals surface area contributed by atoms with Crippen LogP contribution < -0.4 is 5.73 Å². The molecule has 0 spiro atoms. The molecular formula is C10H21N3O. The summed E-state index contributed by atoms with van der Waals surface area (Å²) >= 11 is 0. The maximum absolute atomic E-state index is 8.54. The van der Waals surface area contributed by atoms with Crippen LogP contribution in [0.4, 0.5) is 0 Å². The number of hydrogen-bond acceptors (Lipinski definition) is 4. The van der Waals surface area contributed by atoms with Gasteiger partial charge >= 0.3 is 0 Å². The van der Waals surface area contributed by atoms with Crippen molar-refractivity contribution in [2.75, 3.05) is 26.8 Å². The maximum atomic E-state index is 8.54. The van der Waals surface area contributed by atoms with Crippen LogP contribution in [-0.2, 0) is 4.74 Å². The van der Waals surface area contributed by atoms with Crippen molar-refractivity contribution in [1.29, 1.82) is 5.26 Å². The third kappa shape index (κ3) is 5.92. The predicted molar refractivity (Wildman–Crippen MR) is 56.8 cm³/mol. The van der Waals surface area contributed by atoms with E-state index < -0.39 is 0 Å². The maximum Gasteiger partial charge on any atom is 0.0940 e. The van der Waals surface area contributed by atoms with Crippen LogP contribution in [0.2, 0.25) is 0 Å². The van der Waals surface area contributed by atoms with E-state index in [4.69, 9.17) is 15.7 Å². The predicted octanol–water partition coefficient (Wildman–Crippen LogP) is 0.584. The monoisotopic (exact) mass is 199 g/mol. The number of nitrogens with two attached hydrogens (primary N) is 1. The molecule has 0 aliphatic rings. The Morgan fingerprint density at radius 3 is 2.50 bits per heavy atom. The quantitative estimate of drug-likeness (QED) is 0.651. The summed E-state index contributed by atoms with van der Waals surface area (Å²) in [6.07, 6.45) is 0.721. The lowest BCUT2D eigenvalue weighted by Crippen LogP contribution is -2.37. The SMILES string of the molecule is COCCN(CCC(N)C#N)C(C)C. The van der Waals surface area contributed by atoms with Gasteiger partial charge in [0.25, 0.3) is 0 Å². The molecule has 0 aromatic rings. The molecule has 14 heavy (non-hydrogen) atoms. The van der Waals surface area contributed by atoms with Gasteiger partial charge in [-0.25, -0.2) is 0 Å². The summed E-state index contributed by atoms with van der Waals surface area (Å²) in [5.41, 5.74) is 5.53. The van der Waals surface area contributed by atoms with Gasteiger partial charge in [0.05, 0.1) is 18.7 Å². The third-order valence-electron chi connectivity index (χ3n) is 2.21. The molecule has 0 saturated heterocycles. The molecule has 2 N–H and O–H groups in total. The highest BCUT2D eigenvalue weighted by atomic mass is 16.5. The Morgan fingerprint density at radius 2 is 2.07 bits per heavy atom. The number of ether oxygens (including phenoxy) is 1. The standard InChI is InChI=1S/C10H21N3O/c1-9(2)13(6-7-14-3)5-4-10(12)8-11/h9-10H,4-7,12H2,1-3H3. The van der Waals surface area contributed by atoms with E-state index in [2.05, 4.69) is 18.7 Å². The van der Waals surface area contributed by atoms with Crippen LogP contribution in [0.5, 0.6) is 0 Å². The first-order valence-corrected chi connectivity index (χ1v) is 5.00. The van der Waals surface area contributed by atoms with Gasteiger partial charge in [-0.05, 0) is 20.3 Å². The van der Waals surface area contributed by atoms with Crippen LogP contribution in [0.15, 0.2) is 0 Å². The van der Waals surface area contributed by atoms with Gasteiger partial charge in [0.15, 0.2) is 0 Å². The molecule has 0 aliphatic carbocycles. The van der Waals surface area contributed by atoms with Gasteiger partial charge in [0.1, 0.15) is 0 Å². The molecule has 82 valence electrons. The second-order valence-electron chi connectivity index (χ2n) is 3.65. The molecular weight excluding hydrogens is 178 g/mol. The zero-order valence-electron chi connectivity index (χ0n) is 9.36. The first kappa shape index (κ1) is 13.4. The lowest BCUT2D eigenvalue weighted by Gasteiger charge is -2.26. The highest BCUT2D eigenvalue weighted by Crippen LogP contribution is 2.00. The Balaban J connectivity index is 3.80. The lowest BCUT2D eigenvalue weighted by atomic mass is 10.2. The normalized spacial score (nSPS) is 13.2. The average molecular weight is 199 g/mol. The minimum Gasteiger partial charge on any atom is -0.383 e. The van der Waals surface area contributed by atoms with Gasteiger partial charge in [-0.3, -0.25) is 4.90 Å². The summed E-state index contributed by atoms with van der Waals surface area (Å²) in [6.45, 7) is 6.74. The Hall–Kier alpha value is -0.630. The molecule has 4 heteroatoms. The fraction of sp³-hybridized carbons (Fsp3) is 0.900. The van der Waals surface area contributed by atoms with Crippen molar-refractivity contribution < 1.29 is 4.74 Å². The number of nitriles is 1.